The molecule has 0 amide bonds. The van der Waals surface area contributed by atoms with E-state index in [-0.39, 0.29) is 18.7 Å². The topological polar surface area (TPSA) is 92.4 Å². The highest BCUT2D eigenvalue weighted by Crippen LogP contribution is 2.37. The molecule has 8 nitrogen and oxygen atoms in total. The minimum Gasteiger partial charge on any atom is -0.492 e. The zero-order valence-electron chi connectivity index (χ0n) is 19.4. The van der Waals surface area contributed by atoms with Gasteiger partial charge in [-0.2, -0.15) is 17.5 Å². The number of aromatic nitrogens is 3. The van der Waals surface area contributed by atoms with E-state index in [4.69, 9.17) is 4.74 Å². The first kappa shape index (κ1) is 25.2. The van der Waals surface area contributed by atoms with Crippen molar-refractivity contribution in [2.24, 2.45) is 7.05 Å². The van der Waals surface area contributed by atoms with E-state index in [9.17, 15) is 27.6 Å². The second-order valence-electron chi connectivity index (χ2n) is 7.93. The minimum absolute atomic E-state index is 0.0476. The molecule has 0 aliphatic carbocycles. The number of halogens is 3. The monoisotopic (exact) mass is 519 g/mol. The van der Waals surface area contributed by atoms with Gasteiger partial charge in [0.05, 0.1) is 36.2 Å². The number of carbonyl (C=O) groups is 1. The maximum absolute atomic E-state index is 13.2. The smallest absolute Gasteiger partial charge is 0.431 e. The van der Waals surface area contributed by atoms with E-state index < -0.39 is 29.1 Å². The van der Waals surface area contributed by atoms with Crippen LogP contribution in [0.3, 0.4) is 0 Å². The molecule has 0 aliphatic heterocycles. The van der Waals surface area contributed by atoms with E-state index in [2.05, 4.69) is 9.11 Å². The second kappa shape index (κ2) is 9.61. The number of rotatable bonds is 6. The molecular weight excluding hydrogens is 499 g/mol. The Kier molecular flexibility index (Phi) is 6.72. The normalized spacial score (nSPS) is 11.6. The predicted molar refractivity (Wildman–Crippen MR) is 128 cm³/mol. The van der Waals surface area contributed by atoms with Crippen LogP contribution < -0.4 is 16.0 Å². The van der Waals surface area contributed by atoms with E-state index in [0.717, 1.165) is 17.3 Å². The molecule has 0 N–H and O–H groups in total. The Morgan fingerprint density at radius 1 is 1.11 bits per heavy atom. The highest BCUT2D eigenvalue weighted by atomic mass is 32.1. The van der Waals surface area contributed by atoms with Gasteiger partial charge in [0.1, 0.15) is 11.4 Å². The van der Waals surface area contributed by atoms with Gasteiger partial charge in [0.15, 0.2) is 0 Å². The summed E-state index contributed by atoms with van der Waals surface area (Å²) in [6.45, 7) is 1.95. The molecule has 0 fully saturated rings. The Morgan fingerprint density at radius 2 is 1.86 bits per heavy atom. The molecule has 0 unspecified atom stereocenters. The molecule has 0 atom stereocenters. The highest BCUT2D eigenvalue weighted by Gasteiger charge is 2.35. The lowest BCUT2D eigenvalue weighted by atomic mass is 10.0. The number of esters is 1. The molecular formula is C24H20F3N3O5S. The van der Waals surface area contributed by atoms with Gasteiger partial charge in [0, 0.05) is 24.1 Å². The summed E-state index contributed by atoms with van der Waals surface area (Å²) in [6.07, 6.45) is -4.80. The van der Waals surface area contributed by atoms with Gasteiger partial charge in [-0.15, -0.1) is 0 Å². The maximum Gasteiger partial charge on any atom is 0.431 e. The first-order valence-corrected chi connectivity index (χ1v) is 11.4. The number of carbonyl (C=O) groups excluding carboxylic acids is 1. The number of hydrogen-bond donors (Lipinski definition) is 0. The van der Waals surface area contributed by atoms with Crippen LogP contribution in [0.15, 0.2) is 52.1 Å². The van der Waals surface area contributed by atoms with Gasteiger partial charge in [-0.25, -0.2) is 9.36 Å². The summed E-state index contributed by atoms with van der Waals surface area (Å²) in [5.41, 5.74) is -1.43. The number of ether oxygens (including phenoxy) is 2. The lowest BCUT2D eigenvalue weighted by molar-refractivity contribution is -0.144. The van der Waals surface area contributed by atoms with Gasteiger partial charge in [-0.05, 0) is 54.4 Å². The van der Waals surface area contributed by atoms with Crippen molar-refractivity contribution in [3.8, 4) is 22.7 Å². The summed E-state index contributed by atoms with van der Waals surface area (Å²) < 4.78 is 56.4. The van der Waals surface area contributed by atoms with Crippen molar-refractivity contribution in [1.82, 2.24) is 13.5 Å². The van der Waals surface area contributed by atoms with Gasteiger partial charge in [-0.3, -0.25) is 14.2 Å². The van der Waals surface area contributed by atoms with Crippen LogP contribution in [0.1, 0.15) is 17.7 Å². The van der Waals surface area contributed by atoms with Crippen molar-refractivity contribution in [1.29, 1.82) is 0 Å². The summed E-state index contributed by atoms with van der Waals surface area (Å²) in [5, 5.41) is 0.577. The summed E-state index contributed by atoms with van der Waals surface area (Å²) >= 11 is 1.18. The van der Waals surface area contributed by atoms with Gasteiger partial charge in [0.2, 0.25) is 0 Å². The van der Waals surface area contributed by atoms with E-state index in [1.165, 1.54) is 30.8 Å². The lowest BCUT2D eigenvalue weighted by Crippen LogP contribution is -2.40. The van der Waals surface area contributed by atoms with Crippen LogP contribution in [-0.2, 0) is 22.8 Å². The number of methoxy groups -OCH3 is 1. The predicted octanol–water partition coefficient (Wildman–Crippen LogP) is 4.08. The van der Waals surface area contributed by atoms with Gasteiger partial charge < -0.3 is 9.47 Å². The third kappa shape index (κ3) is 4.76. The average molecular weight is 520 g/mol. The molecule has 0 saturated heterocycles. The third-order valence-corrected chi connectivity index (χ3v) is 6.33. The highest BCUT2D eigenvalue weighted by molar-refractivity contribution is 7.13. The summed E-state index contributed by atoms with van der Waals surface area (Å²) in [5.74, 6) is 0.0515. The lowest BCUT2D eigenvalue weighted by Gasteiger charge is -2.14. The van der Waals surface area contributed by atoms with Crippen molar-refractivity contribution in [3.05, 3.63) is 74.6 Å². The fraction of sp³-hybridized carbons (Fsp3) is 0.250. The molecule has 0 saturated carbocycles. The van der Waals surface area contributed by atoms with Crippen LogP contribution >= 0.6 is 11.5 Å². The SMILES string of the molecule is COC(=O)CCOc1cc(C)ccc1-c1nsc2ccc(-n3c(=O)cc(C(F)(F)F)n(C)c3=O)cc12. The molecule has 2 aromatic carbocycles. The van der Waals surface area contributed by atoms with Crippen LogP contribution in [-0.4, -0.2) is 33.2 Å². The third-order valence-electron chi connectivity index (χ3n) is 5.51. The molecule has 12 heteroatoms. The molecule has 36 heavy (non-hydrogen) atoms. The maximum atomic E-state index is 13.2. The molecule has 0 spiro atoms. The molecule has 4 rings (SSSR count). The van der Waals surface area contributed by atoms with E-state index >= 15 is 0 Å². The quantitative estimate of drug-likeness (QED) is 0.357. The number of aryl methyl sites for hydroxylation is 1. The van der Waals surface area contributed by atoms with Crippen LogP contribution in [0.4, 0.5) is 13.2 Å². The molecule has 2 aromatic heterocycles. The van der Waals surface area contributed by atoms with Gasteiger partial charge in [-0.1, -0.05) is 6.07 Å². The molecule has 0 aliphatic rings. The van der Waals surface area contributed by atoms with Crippen molar-refractivity contribution in [2.45, 2.75) is 19.5 Å². The molecule has 4 aromatic rings. The number of fused-ring (bicyclic) bond motifs is 1. The first-order chi connectivity index (χ1) is 17.0. The Labute approximate surface area is 206 Å². The average Bonchev–Trinajstić information content (AvgIpc) is 3.24. The molecule has 188 valence electrons. The minimum atomic E-state index is -4.85. The number of nitrogens with zero attached hydrogens (tertiary/aromatic N) is 3. The van der Waals surface area contributed by atoms with Gasteiger partial charge >= 0.3 is 17.8 Å². The fourth-order valence-corrected chi connectivity index (χ4v) is 4.46. The molecule has 0 radical (unpaired) electrons. The Bertz CT molecular complexity index is 1590. The summed E-state index contributed by atoms with van der Waals surface area (Å²) in [7, 11) is 2.25. The van der Waals surface area contributed by atoms with Gasteiger partial charge in [0.25, 0.3) is 5.56 Å². The Balaban J connectivity index is 1.82. The van der Waals surface area contributed by atoms with Crippen molar-refractivity contribution in [2.75, 3.05) is 13.7 Å². The second-order valence-corrected chi connectivity index (χ2v) is 8.73. The number of hydrogen-bond acceptors (Lipinski definition) is 7. The standard InChI is InChI=1S/C24H20F3N3O5S/c1-13-4-6-15(17(10-13)35-9-8-21(32)34-3)22-16-11-14(5-7-18(16)36-28-22)30-20(31)12-19(24(25,26)27)29(2)23(30)33/h4-7,10-12H,8-9H2,1-3H3. The summed E-state index contributed by atoms with van der Waals surface area (Å²) in [6, 6.07) is 10.5. The fourth-order valence-electron chi connectivity index (χ4n) is 3.69. The van der Waals surface area contributed by atoms with E-state index in [1.807, 2.05) is 13.0 Å². The Hall–Kier alpha value is -3.93. The largest absolute Gasteiger partial charge is 0.492 e. The van der Waals surface area contributed by atoms with Crippen LogP contribution in [0.25, 0.3) is 27.0 Å². The van der Waals surface area contributed by atoms with Crippen LogP contribution in [0.5, 0.6) is 5.75 Å². The van der Waals surface area contributed by atoms with Crippen molar-refractivity contribution in [3.63, 3.8) is 0 Å². The van der Waals surface area contributed by atoms with E-state index in [0.29, 0.717) is 37.6 Å². The number of benzene rings is 2. The van der Waals surface area contributed by atoms with Crippen molar-refractivity contribution >= 4 is 27.6 Å². The molecule has 2 heterocycles. The van der Waals surface area contributed by atoms with E-state index in [1.54, 1.807) is 18.2 Å². The summed E-state index contributed by atoms with van der Waals surface area (Å²) in [4.78, 5) is 36.7. The van der Waals surface area contributed by atoms with Crippen molar-refractivity contribution < 1.29 is 27.4 Å². The van der Waals surface area contributed by atoms with Crippen LogP contribution in [0.2, 0.25) is 0 Å². The zero-order chi connectivity index (χ0) is 26.2. The molecule has 0 bridgehead atoms. The van der Waals surface area contributed by atoms with Crippen LogP contribution in [0, 0.1) is 6.92 Å². The first-order valence-electron chi connectivity index (χ1n) is 10.6. The zero-order valence-corrected chi connectivity index (χ0v) is 20.2. The number of alkyl halides is 3. The Morgan fingerprint density at radius 3 is 2.56 bits per heavy atom.